The standard InChI is InChI=1S/C16H18N4O3S/c1-2-22-15(21)19-7-9-20(10-8-19)16(24)23-12-3-4-13-14(11-12)18-6-5-17-13/h3-6,11H,2,7-10H2,1H3. The normalized spacial score (nSPS) is 14.5. The maximum Gasteiger partial charge on any atom is 0.409 e. The van der Waals surface area contributed by atoms with Crippen LogP contribution in [0.3, 0.4) is 0 Å². The van der Waals surface area contributed by atoms with Crippen LogP contribution >= 0.6 is 12.2 Å². The number of piperazine rings is 1. The van der Waals surface area contributed by atoms with Gasteiger partial charge in [0.1, 0.15) is 5.75 Å². The summed E-state index contributed by atoms with van der Waals surface area (Å²) >= 11 is 5.37. The summed E-state index contributed by atoms with van der Waals surface area (Å²) in [4.78, 5) is 23.8. The molecule has 0 bridgehead atoms. The Balaban J connectivity index is 1.58. The second-order valence-corrected chi connectivity index (χ2v) is 5.60. The van der Waals surface area contributed by atoms with Gasteiger partial charge in [-0.3, -0.25) is 9.97 Å². The number of benzene rings is 1. The molecule has 2 heterocycles. The van der Waals surface area contributed by atoms with Gasteiger partial charge in [-0.05, 0) is 31.3 Å². The van der Waals surface area contributed by atoms with Crippen LogP contribution in [0.5, 0.6) is 5.75 Å². The first-order valence-electron chi connectivity index (χ1n) is 7.76. The number of hydrogen-bond acceptors (Lipinski definition) is 6. The second kappa shape index (κ2) is 7.39. The summed E-state index contributed by atoms with van der Waals surface area (Å²) in [6.45, 7) is 4.53. The van der Waals surface area contributed by atoms with Crippen molar-refractivity contribution in [3.8, 4) is 5.75 Å². The van der Waals surface area contributed by atoms with E-state index in [-0.39, 0.29) is 6.09 Å². The number of fused-ring (bicyclic) bond motifs is 1. The molecule has 126 valence electrons. The van der Waals surface area contributed by atoms with Gasteiger partial charge in [0.2, 0.25) is 0 Å². The van der Waals surface area contributed by atoms with E-state index >= 15 is 0 Å². The van der Waals surface area contributed by atoms with Gasteiger partial charge in [-0.2, -0.15) is 0 Å². The van der Waals surface area contributed by atoms with Crippen molar-refractivity contribution >= 4 is 34.5 Å². The molecule has 0 unspecified atom stereocenters. The van der Waals surface area contributed by atoms with Crippen LogP contribution in [0.1, 0.15) is 6.92 Å². The van der Waals surface area contributed by atoms with E-state index in [0.717, 1.165) is 11.0 Å². The molecule has 0 saturated carbocycles. The quantitative estimate of drug-likeness (QED) is 0.771. The van der Waals surface area contributed by atoms with Gasteiger partial charge in [0.15, 0.2) is 0 Å². The van der Waals surface area contributed by atoms with Crippen molar-refractivity contribution in [1.29, 1.82) is 0 Å². The number of nitrogens with zero attached hydrogens (tertiary/aromatic N) is 4. The third kappa shape index (κ3) is 3.70. The van der Waals surface area contributed by atoms with Crippen LogP contribution in [0.4, 0.5) is 4.79 Å². The smallest absolute Gasteiger partial charge is 0.409 e. The Bertz CT molecular complexity index is 747. The van der Waals surface area contributed by atoms with Crippen molar-refractivity contribution in [1.82, 2.24) is 19.8 Å². The van der Waals surface area contributed by atoms with E-state index < -0.39 is 0 Å². The van der Waals surface area contributed by atoms with Gasteiger partial charge in [0.25, 0.3) is 5.17 Å². The second-order valence-electron chi connectivity index (χ2n) is 5.25. The highest BCUT2D eigenvalue weighted by Gasteiger charge is 2.24. The van der Waals surface area contributed by atoms with Crippen LogP contribution in [-0.2, 0) is 4.74 Å². The topological polar surface area (TPSA) is 67.8 Å². The fourth-order valence-electron chi connectivity index (χ4n) is 2.46. The minimum Gasteiger partial charge on any atom is -0.450 e. The number of amides is 1. The highest BCUT2D eigenvalue weighted by Crippen LogP contribution is 2.18. The van der Waals surface area contributed by atoms with Gasteiger partial charge < -0.3 is 19.3 Å². The molecule has 8 heteroatoms. The molecule has 1 amide bonds. The Morgan fingerprint density at radius 2 is 1.79 bits per heavy atom. The number of rotatable bonds is 2. The molecule has 0 atom stereocenters. The Kier molecular flexibility index (Phi) is 5.05. The molecule has 0 N–H and O–H groups in total. The number of aromatic nitrogens is 2. The van der Waals surface area contributed by atoms with Crippen molar-refractivity contribution in [2.75, 3.05) is 32.8 Å². The Hall–Kier alpha value is -2.48. The lowest BCUT2D eigenvalue weighted by Crippen LogP contribution is -2.51. The number of carbonyl (C=O) groups excluding carboxylic acids is 1. The van der Waals surface area contributed by atoms with Gasteiger partial charge in [0.05, 0.1) is 17.6 Å². The number of carbonyl (C=O) groups is 1. The lowest BCUT2D eigenvalue weighted by molar-refractivity contribution is 0.0902. The monoisotopic (exact) mass is 346 g/mol. The number of thiocarbonyl (C=S) groups is 1. The minimum absolute atomic E-state index is 0.280. The summed E-state index contributed by atoms with van der Waals surface area (Å²) in [5.74, 6) is 0.626. The van der Waals surface area contributed by atoms with E-state index in [2.05, 4.69) is 9.97 Å². The molecule has 0 aliphatic carbocycles. The largest absolute Gasteiger partial charge is 0.450 e. The zero-order valence-electron chi connectivity index (χ0n) is 13.3. The van der Waals surface area contributed by atoms with E-state index in [0.29, 0.717) is 43.7 Å². The molecule has 7 nitrogen and oxygen atoms in total. The van der Waals surface area contributed by atoms with Crippen LogP contribution in [-0.4, -0.2) is 63.8 Å². The highest BCUT2D eigenvalue weighted by molar-refractivity contribution is 7.80. The van der Waals surface area contributed by atoms with Crippen molar-refractivity contribution in [3.63, 3.8) is 0 Å². The Morgan fingerprint density at radius 3 is 2.50 bits per heavy atom. The molecule has 1 saturated heterocycles. The van der Waals surface area contributed by atoms with Crippen LogP contribution in [0.15, 0.2) is 30.6 Å². The van der Waals surface area contributed by atoms with E-state index in [4.69, 9.17) is 21.7 Å². The Morgan fingerprint density at radius 1 is 1.12 bits per heavy atom. The molecule has 1 fully saturated rings. The van der Waals surface area contributed by atoms with Crippen molar-refractivity contribution in [3.05, 3.63) is 30.6 Å². The first kappa shape index (κ1) is 16.4. The zero-order valence-corrected chi connectivity index (χ0v) is 14.2. The van der Waals surface area contributed by atoms with Gasteiger partial charge in [-0.1, -0.05) is 0 Å². The van der Waals surface area contributed by atoms with E-state index in [1.165, 1.54) is 0 Å². The summed E-state index contributed by atoms with van der Waals surface area (Å²) in [6, 6.07) is 5.47. The lowest BCUT2D eigenvalue weighted by atomic mass is 10.3. The fraction of sp³-hybridized carbons (Fsp3) is 0.375. The third-order valence-corrected chi connectivity index (χ3v) is 4.05. The lowest BCUT2D eigenvalue weighted by Gasteiger charge is -2.34. The summed E-state index contributed by atoms with van der Waals surface area (Å²) in [5, 5.41) is 0.391. The molecule has 3 rings (SSSR count). The third-order valence-electron chi connectivity index (χ3n) is 3.71. The summed E-state index contributed by atoms with van der Waals surface area (Å²) in [5.41, 5.74) is 1.56. The Labute approximate surface area is 145 Å². The molecule has 1 aromatic heterocycles. The maximum atomic E-state index is 11.7. The molecular formula is C16H18N4O3S. The van der Waals surface area contributed by atoms with Gasteiger partial charge in [-0.25, -0.2) is 4.79 Å². The van der Waals surface area contributed by atoms with E-state index in [9.17, 15) is 4.79 Å². The highest BCUT2D eigenvalue weighted by atomic mass is 32.1. The molecule has 2 aromatic rings. The average molecular weight is 346 g/mol. The summed E-state index contributed by atoms with van der Waals surface area (Å²) < 4.78 is 10.8. The maximum absolute atomic E-state index is 11.7. The summed E-state index contributed by atoms with van der Waals surface area (Å²) in [7, 11) is 0. The molecule has 1 aromatic carbocycles. The fourth-order valence-corrected chi connectivity index (χ4v) is 2.74. The first-order chi connectivity index (χ1) is 11.7. The molecular weight excluding hydrogens is 328 g/mol. The van der Waals surface area contributed by atoms with Gasteiger partial charge in [0, 0.05) is 44.6 Å². The van der Waals surface area contributed by atoms with Gasteiger partial charge in [-0.15, -0.1) is 0 Å². The predicted molar refractivity (Wildman–Crippen MR) is 92.9 cm³/mol. The minimum atomic E-state index is -0.280. The molecule has 1 aliphatic heterocycles. The molecule has 1 aliphatic rings. The predicted octanol–water partition coefficient (Wildman–Crippen LogP) is 2.07. The molecule has 0 spiro atoms. The van der Waals surface area contributed by atoms with Crippen LogP contribution in [0.2, 0.25) is 0 Å². The molecule has 0 radical (unpaired) electrons. The van der Waals surface area contributed by atoms with Crippen LogP contribution in [0, 0.1) is 0 Å². The van der Waals surface area contributed by atoms with Gasteiger partial charge >= 0.3 is 6.09 Å². The van der Waals surface area contributed by atoms with Crippen molar-refractivity contribution in [2.45, 2.75) is 6.92 Å². The first-order valence-corrected chi connectivity index (χ1v) is 8.17. The number of hydrogen-bond donors (Lipinski definition) is 0. The van der Waals surface area contributed by atoms with Crippen molar-refractivity contribution < 1.29 is 14.3 Å². The number of ether oxygens (including phenoxy) is 2. The zero-order chi connectivity index (χ0) is 16.9. The SMILES string of the molecule is CCOC(=O)N1CCN(C(=S)Oc2ccc3nccnc3c2)CC1. The van der Waals surface area contributed by atoms with Crippen LogP contribution < -0.4 is 4.74 Å². The van der Waals surface area contributed by atoms with E-state index in [1.54, 1.807) is 24.2 Å². The van der Waals surface area contributed by atoms with Crippen molar-refractivity contribution in [2.24, 2.45) is 0 Å². The van der Waals surface area contributed by atoms with E-state index in [1.807, 2.05) is 23.1 Å². The average Bonchev–Trinajstić information content (AvgIpc) is 2.62. The molecule has 24 heavy (non-hydrogen) atoms. The summed E-state index contributed by atoms with van der Waals surface area (Å²) in [6.07, 6.45) is 3.01. The van der Waals surface area contributed by atoms with Crippen LogP contribution in [0.25, 0.3) is 11.0 Å².